The number of fused-ring (bicyclic) bond motifs is 2. The van der Waals surface area contributed by atoms with E-state index in [-0.39, 0.29) is 53.8 Å². The van der Waals surface area contributed by atoms with Gasteiger partial charge >= 0.3 is 388 Å². The van der Waals surface area contributed by atoms with E-state index >= 15 is 0 Å². The Bertz CT molecular complexity index is 2260. The van der Waals surface area contributed by atoms with Crippen molar-refractivity contribution in [2.75, 3.05) is 13.2 Å². The number of aromatic nitrogens is 8. The number of benzene rings is 2. The van der Waals surface area contributed by atoms with E-state index in [0.717, 1.165) is 37.0 Å². The van der Waals surface area contributed by atoms with E-state index in [2.05, 4.69) is 99.7 Å². The molecule has 62 heavy (non-hydrogen) atoms. The molecule has 8 rings (SSSR count). The Morgan fingerprint density at radius 1 is 0.613 bits per heavy atom. The van der Waals surface area contributed by atoms with Gasteiger partial charge in [0.15, 0.2) is 0 Å². The molecule has 0 saturated heterocycles. The van der Waals surface area contributed by atoms with Gasteiger partial charge < -0.3 is 0 Å². The summed E-state index contributed by atoms with van der Waals surface area (Å²) in [5.41, 5.74) is 2.70. The van der Waals surface area contributed by atoms with Gasteiger partial charge in [-0.05, 0) is 0 Å². The molecule has 2 aliphatic rings. The number of nitrogens with zero attached hydrogens (tertiary/aromatic N) is 8. The van der Waals surface area contributed by atoms with Crippen LogP contribution in [0, 0.1) is 11.8 Å². The van der Waals surface area contributed by atoms with Crippen LogP contribution in [0.5, 0.6) is 0 Å². The Morgan fingerprint density at radius 3 is 1.40 bits per heavy atom. The van der Waals surface area contributed by atoms with Crippen LogP contribution < -0.4 is 8.92 Å². The van der Waals surface area contributed by atoms with Gasteiger partial charge in [0.2, 0.25) is 0 Å². The minimum atomic E-state index is -2.61. The van der Waals surface area contributed by atoms with E-state index in [0.29, 0.717) is 69.9 Å². The SMILES string of the molecule is CCC(CC)(OCC1CC([Se]c2ccccc2)C(n2cnc3c(Cl)ncnc32)C1)O[P+](=O)OC(CC)(CC)OCC1CC([Se]c2ccccc2)C(n2cnc3c(Cl)ncnc32)C1. The summed E-state index contributed by atoms with van der Waals surface area (Å²) in [6.07, 6.45) is 12.3. The van der Waals surface area contributed by atoms with E-state index in [9.17, 15) is 4.57 Å². The summed E-state index contributed by atoms with van der Waals surface area (Å²) in [5.74, 6) is -1.73. The average molecular weight is 1030 g/mol. The van der Waals surface area contributed by atoms with Crippen LogP contribution in [0.4, 0.5) is 0 Å². The van der Waals surface area contributed by atoms with Crippen molar-refractivity contribution in [2.24, 2.45) is 11.8 Å². The molecular weight excluding hydrogens is 980 g/mol. The van der Waals surface area contributed by atoms with Gasteiger partial charge in [-0.3, -0.25) is 0 Å². The molecule has 0 N–H and O–H groups in total. The number of hydrogen-bond acceptors (Lipinski definition) is 11. The first-order valence-electron chi connectivity index (χ1n) is 21.4. The number of imidazole rings is 2. The van der Waals surface area contributed by atoms with Crippen LogP contribution in [-0.2, 0) is 23.1 Å². The summed E-state index contributed by atoms with van der Waals surface area (Å²) in [4.78, 5) is 27.4. The zero-order chi connectivity index (χ0) is 43.3. The van der Waals surface area contributed by atoms with Gasteiger partial charge in [0.1, 0.15) is 0 Å². The molecule has 2 aliphatic carbocycles. The van der Waals surface area contributed by atoms with Crippen LogP contribution in [0.25, 0.3) is 22.3 Å². The van der Waals surface area contributed by atoms with Crippen LogP contribution in [0.1, 0.15) is 91.1 Å². The zero-order valence-electron chi connectivity index (χ0n) is 35.3. The van der Waals surface area contributed by atoms with Gasteiger partial charge in [0.05, 0.1) is 0 Å². The Hall–Kier alpha value is -2.90. The van der Waals surface area contributed by atoms with Crippen molar-refractivity contribution in [2.45, 2.75) is 112 Å². The third kappa shape index (κ3) is 10.1. The van der Waals surface area contributed by atoms with Crippen molar-refractivity contribution in [3.8, 4) is 0 Å². The van der Waals surface area contributed by atoms with Crippen molar-refractivity contribution in [3.63, 3.8) is 0 Å². The molecule has 2 saturated carbocycles. The van der Waals surface area contributed by atoms with Crippen molar-refractivity contribution < 1.29 is 23.1 Å². The maximum absolute atomic E-state index is 14.0. The monoisotopic (exact) mass is 1030 g/mol. The van der Waals surface area contributed by atoms with Gasteiger partial charge in [-0.25, -0.2) is 0 Å². The molecule has 13 nitrogen and oxygen atoms in total. The van der Waals surface area contributed by atoms with Crippen molar-refractivity contribution >= 4 is 92.6 Å². The fourth-order valence-corrected chi connectivity index (χ4v) is 16.4. The van der Waals surface area contributed by atoms with Gasteiger partial charge in [-0.2, -0.15) is 0 Å². The van der Waals surface area contributed by atoms with Crippen LogP contribution >= 0.6 is 31.5 Å². The molecule has 6 aromatic rings. The predicted molar refractivity (Wildman–Crippen MR) is 244 cm³/mol. The normalized spacial score (nSPS) is 22.3. The molecule has 4 aromatic heterocycles. The molecule has 0 spiro atoms. The Balaban J connectivity index is 0.923. The Labute approximate surface area is 386 Å². The third-order valence-corrected chi connectivity index (χ3v) is 19.5. The number of hydrogen-bond donors (Lipinski definition) is 0. The molecule has 6 unspecified atom stereocenters. The van der Waals surface area contributed by atoms with E-state index in [4.69, 9.17) is 41.7 Å². The summed E-state index contributed by atoms with van der Waals surface area (Å²) < 4.78 is 47.1. The van der Waals surface area contributed by atoms with Crippen molar-refractivity contribution in [1.29, 1.82) is 0 Å². The molecule has 2 aromatic carbocycles. The topological polar surface area (TPSA) is 141 Å². The van der Waals surface area contributed by atoms with Crippen LogP contribution in [0.3, 0.4) is 0 Å². The zero-order valence-corrected chi connectivity index (χ0v) is 41.1. The summed E-state index contributed by atoms with van der Waals surface area (Å²) in [5, 5.41) is 0.700. The molecule has 0 amide bonds. The molecule has 6 atom stereocenters. The molecule has 4 heterocycles. The Morgan fingerprint density at radius 2 is 1.02 bits per heavy atom. The van der Waals surface area contributed by atoms with E-state index in [1.54, 1.807) is 0 Å². The molecule has 0 aliphatic heterocycles. The summed E-state index contributed by atoms with van der Waals surface area (Å²) in [6, 6.07) is 21.6. The molecule has 0 bridgehead atoms. The number of ether oxygens (including phenoxy) is 2. The fraction of sp³-hybridized carbons (Fsp3) is 0.500. The third-order valence-electron chi connectivity index (χ3n) is 12.3. The first-order valence-corrected chi connectivity index (χ1v) is 26.9. The van der Waals surface area contributed by atoms with Crippen molar-refractivity contribution in [3.05, 3.63) is 96.3 Å². The minimum absolute atomic E-state index is 0.154. The quantitative estimate of drug-likeness (QED) is 0.0313. The standard InChI is InChI=1S/C44H52Cl2N8O5PSe2/c1-5-43(6-2,56-23-29-19-33(35(21-29)61-31-15-11-9-12-16-31)53-27-51-37-39(45)47-25-49-41(37)53)58-60(55)59-44(7-3,8-4)57-24-30-20-34(36(22-30)62-32-17-13-10-14-18-32)54-28-52-38-40(46)48-26-50-42(38)54/h9-18,25-30,33-36H,5-8,19-24H2,1-4H3/q+1. The second-order valence-electron chi connectivity index (χ2n) is 16.0. The summed E-state index contributed by atoms with van der Waals surface area (Å²) >= 11 is 13.2. The Kier molecular flexibility index (Phi) is 15.1. The van der Waals surface area contributed by atoms with Crippen molar-refractivity contribution in [1.82, 2.24) is 39.0 Å². The fourth-order valence-electron chi connectivity index (χ4n) is 8.79. The van der Waals surface area contributed by atoms with Gasteiger partial charge in [-0.15, -0.1) is 0 Å². The number of rotatable bonds is 20. The summed E-state index contributed by atoms with van der Waals surface area (Å²) in [7, 11) is -2.61. The average Bonchev–Trinajstić information content (AvgIpc) is 4.11. The maximum atomic E-state index is 14.0. The van der Waals surface area contributed by atoms with E-state index < -0.39 is 19.8 Å². The first kappa shape index (κ1) is 45.7. The van der Waals surface area contributed by atoms with Crippen LogP contribution in [-0.4, -0.2) is 93.7 Å². The number of halogens is 2. The second kappa shape index (κ2) is 20.5. The molecule has 2 fully saturated rings. The van der Waals surface area contributed by atoms with Gasteiger partial charge in [0.25, 0.3) is 0 Å². The molecule has 0 radical (unpaired) electrons. The van der Waals surface area contributed by atoms with Crippen LogP contribution in [0.2, 0.25) is 19.9 Å². The molecular formula is C44H52Cl2N8O5PSe2+. The van der Waals surface area contributed by atoms with E-state index in [1.165, 1.54) is 21.6 Å². The van der Waals surface area contributed by atoms with Gasteiger partial charge in [0, 0.05) is 0 Å². The van der Waals surface area contributed by atoms with Crippen LogP contribution in [0.15, 0.2) is 86.0 Å². The van der Waals surface area contributed by atoms with Gasteiger partial charge in [-0.1, -0.05) is 0 Å². The predicted octanol–water partition coefficient (Wildman–Crippen LogP) is 9.27. The molecule has 328 valence electrons. The second-order valence-corrected chi connectivity index (χ2v) is 23.0. The first-order chi connectivity index (χ1) is 30.2. The molecule has 18 heteroatoms. The summed E-state index contributed by atoms with van der Waals surface area (Å²) in [6.45, 7) is 8.92. The van der Waals surface area contributed by atoms with E-state index in [1.807, 2.05) is 40.3 Å².